The predicted octanol–water partition coefficient (Wildman–Crippen LogP) is 3.53. The summed E-state index contributed by atoms with van der Waals surface area (Å²) >= 11 is 1.66. The van der Waals surface area contributed by atoms with Gasteiger partial charge in [-0.3, -0.25) is 4.79 Å². The summed E-state index contributed by atoms with van der Waals surface area (Å²) in [5.41, 5.74) is 1.87. The molecule has 0 fully saturated rings. The van der Waals surface area contributed by atoms with Crippen molar-refractivity contribution in [2.24, 2.45) is 0 Å². The summed E-state index contributed by atoms with van der Waals surface area (Å²) in [6.07, 6.45) is 2.01. The lowest BCUT2D eigenvalue weighted by Crippen LogP contribution is -2.28. The van der Waals surface area contributed by atoms with Gasteiger partial charge in [0.15, 0.2) is 0 Å². The second-order valence-electron chi connectivity index (χ2n) is 4.65. The summed E-state index contributed by atoms with van der Waals surface area (Å²) in [7, 11) is 0. The van der Waals surface area contributed by atoms with Crippen molar-refractivity contribution >= 4 is 17.7 Å². The molecule has 0 aliphatic carbocycles. The molecule has 2 aromatic rings. The number of rotatable bonds is 6. The Balaban J connectivity index is 1.74. The first-order valence-electron chi connectivity index (χ1n) is 6.81. The maximum atomic E-state index is 11.9. The summed E-state index contributed by atoms with van der Waals surface area (Å²) < 4.78 is 5.57. The number of hydrogen-bond donors (Lipinski definition) is 1. The molecular weight excluding hydrogens is 282 g/mol. The molecule has 1 N–H and O–H groups in total. The van der Waals surface area contributed by atoms with E-state index in [2.05, 4.69) is 5.32 Å². The van der Waals surface area contributed by atoms with E-state index in [1.165, 1.54) is 5.56 Å². The SMILES string of the molecule is CSc1ccc(C(=O)NCCOc2ccc(C)cc2)cc1. The van der Waals surface area contributed by atoms with Crippen LogP contribution in [0.2, 0.25) is 0 Å². The van der Waals surface area contributed by atoms with Crippen LogP contribution in [0.15, 0.2) is 53.4 Å². The average molecular weight is 301 g/mol. The monoisotopic (exact) mass is 301 g/mol. The first-order chi connectivity index (χ1) is 10.2. The van der Waals surface area contributed by atoms with Crippen LogP contribution in [0, 0.1) is 6.92 Å². The molecule has 0 saturated heterocycles. The minimum absolute atomic E-state index is 0.0739. The van der Waals surface area contributed by atoms with E-state index in [0.717, 1.165) is 10.6 Å². The van der Waals surface area contributed by atoms with Crippen LogP contribution in [-0.4, -0.2) is 25.3 Å². The fourth-order valence-electron chi connectivity index (χ4n) is 1.81. The normalized spacial score (nSPS) is 10.2. The standard InChI is InChI=1S/C17H19NO2S/c1-13-3-7-15(8-4-13)20-12-11-18-17(19)14-5-9-16(21-2)10-6-14/h3-10H,11-12H2,1-2H3,(H,18,19). The molecule has 0 aromatic heterocycles. The summed E-state index contributed by atoms with van der Waals surface area (Å²) in [6, 6.07) is 15.4. The quantitative estimate of drug-likeness (QED) is 0.655. The van der Waals surface area contributed by atoms with Gasteiger partial charge >= 0.3 is 0 Å². The van der Waals surface area contributed by atoms with Gasteiger partial charge in [-0.15, -0.1) is 11.8 Å². The fourth-order valence-corrected chi connectivity index (χ4v) is 2.22. The van der Waals surface area contributed by atoms with Crippen LogP contribution in [0.25, 0.3) is 0 Å². The van der Waals surface area contributed by atoms with Gasteiger partial charge in [0.2, 0.25) is 0 Å². The molecule has 0 spiro atoms. The molecule has 2 rings (SSSR count). The van der Waals surface area contributed by atoms with Gasteiger partial charge in [-0.25, -0.2) is 0 Å². The molecule has 0 atom stereocenters. The molecule has 110 valence electrons. The number of hydrogen-bond acceptors (Lipinski definition) is 3. The molecule has 4 heteroatoms. The number of aryl methyl sites for hydroxylation is 1. The number of nitrogens with one attached hydrogen (secondary N) is 1. The van der Waals surface area contributed by atoms with Crippen LogP contribution in [0.5, 0.6) is 5.75 Å². The Morgan fingerprint density at radius 1 is 1.10 bits per heavy atom. The van der Waals surface area contributed by atoms with Crippen molar-refractivity contribution in [1.82, 2.24) is 5.32 Å². The van der Waals surface area contributed by atoms with E-state index < -0.39 is 0 Å². The minimum atomic E-state index is -0.0739. The Bertz CT molecular complexity index is 579. The lowest BCUT2D eigenvalue weighted by Gasteiger charge is -2.08. The van der Waals surface area contributed by atoms with Crippen LogP contribution in [-0.2, 0) is 0 Å². The molecule has 2 aromatic carbocycles. The van der Waals surface area contributed by atoms with Gasteiger partial charge in [-0.1, -0.05) is 17.7 Å². The zero-order valence-corrected chi connectivity index (χ0v) is 13.1. The summed E-state index contributed by atoms with van der Waals surface area (Å²) in [6.45, 7) is 2.97. The maximum absolute atomic E-state index is 11.9. The van der Waals surface area contributed by atoms with Gasteiger partial charge in [0.1, 0.15) is 12.4 Å². The van der Waals surface area contributed by atoms with Crippen molar-refractivity contribution in [2.75, 3.05) is 19.4 Å². The average Bonchev–Trinajstić information content (AvgIpc) is 2.53. The summed E-state index contributed by atoms with van der Waals surface area (Å²) in [5.74, 6) is 0.745. The van der Waals surface area contributed by atoms with E-state index in [1.54, 1.807) is 11.8 Å². The third-order valence-electron chi connectivity index (χ3n) is 3.03. The largest absolute Gasteiger partial charge is 0.492 e. The Labute approximate surface area is 129 Å². The maximum Gasteiger partial charge on any atom is 0.251 e. The van der Waals surface area contributed by atoms with Crippen LogP contribution < -0.4 is 10.1 Å². The van der Waals surface area contributed by atoms with E-state index in [9.17, 15) is 4.79 Å². The van der Waals surface area contributed by atoms with Crippen molar-refractivity contribution in [3.8, 4) is 5.75 Å². The van der Waals surface area contributed by atoms with Crippen LogP contribution >= 0.6 is 11.8 Å². The van der Waals surface area contributed by atoms with Gasteiger partial charge in [0, 0.05) is 10.5 Å². The number of carbonyl (C=O) groups is 1. The van der Waals surface area contributed by atoms with E-state index in [1.807, 2.05) is 61.7 Å². The third kappa shape index (κ3) is 4.83. The topological polar surface area (TPSA) is 38.3 Å². The highest BCUT2D eigenvalue weighted by Gasteiger charge is 2.04. The number of ether oxygens (including phenoxy) is 1. The zero-order chi connectivity index (χ0) is 15.1. The second kappa shape index (κ2) is 7.74. The fraction of sp³-hybridized carbons (Fsp3) is 0.235. The molecule has 0 bridgehead atoms. The van der Waals surface area contributed by atoms with Crippen molar-refractivity contribution in [2.45, 2.75) is 11.8 Å². The summed E-state index contributed by atoms with van der Waals surface area (Å²) in [4.78, 5) is 13.1. The number of benzene rings is 2. The molecule has 0 radical (unpaired) electrons. The van der Waals surface area contributed by atoms with Crippen molar-refractivity contribution in [1.29, 1.82) is 0 Å². The smallest absolute Gasteiger partial charge is 0.251 e. The second-order valence-corrected chi connectivity index (χ2v) is 5.53. The van der Waals surface area contributed by atoms with Crippen molar-refractivity contribution in [3.63, 3.8) is 0 Å². The molecule has 1 amide bonds. The van der Waals surface area contributed by atoms with Crippen molar-refractivity contribution in [3.05, 3.63) is 59.7 Å². The van der Waals surface area contributed by atoms with Crippen LogP contribution in [0.1, 0.15) is 15.9 Å². The molecule has 0 aliphatic rings. The number of thioether (sulfide) groups is 1. The van der Waals surface area contributed by atoms with Gasteiger partial charge in [-0.2, -0.15) is 0 Å². The van der Waals surface area contributed by atoms with E-state index in [4.69, 9.17) is 4.74 Å². The molecule has 0 unspecified atom stereocenters. The Morgan fingerprint density at radius 2 is 1.76 bits per heavy atom. The highest BCUT2D eigenvalue weighted by Crippen LogP contribution is 2.14. The van der Waals surface area contributed by atoms with Gasteiger partial charge in [0.05, 0.1) is 6.54 Å². The first-order valence-corrected chi connectivity index (χ1v) is 8.03. The van der Waals surface area contributed by atoms with Gasteiger partial charge < -0.3 is 10.1 Å². The molecule has 21 heavy (non-hydrogen) atoms. The molecule has 3 nitrogen and oxygen atoms in total. The first kappa shape index (κ1) is 15.4. The lowest BCUT2D eigenvalue weighted by molar-refractivity contribution is 0.0947. The van der Waals surface area contributed by atoms with Crippen LogP contribution in [0.3, 0.4) is 0 Å². The Morgan fingerprint density at radius 3 is 2.38 bits per heavy atom. The number of amides is 1. The molecular formula is C17H19NO2S. The zero-order valence-electron chi connectivity index (χ0n) is 12.3. The molecule has 0 heterocycles. The predicted molar refractivity (Wildman–Crippen MR) is 87.2 cm³/mol. The lowest BCUT2D eigenvalue weighted by atomic mass is 10.2. The van der Waals surface area contributed by atoms with E-state index in [-0.39, 0.29) is 5.91 Å². The minimum Gasteiger partial charge on any atom is -0.492 e. The summed E-state index contributed by atoms with van der Waals surface area (Å²) in [5, 5.41) is 2.85. The van der Waals surface area contributed by atoms with Gasteiger partial charge in [-0.05, 0) is 49.6 Å². The third-order valence-corrected chi connectivity index (χ3v) is 3.77. The molecule has 0 aliphatic heterocycles. The highest BCUT2D eigenvalue weighted by molar-refractivity contribution is 7.98. The van der Waals surface area contributed by atoms with Crippen LogP contribution in [0.4, 0.5) is 0 Å². The van der Waals surface area contributed by atoms with E-state index in [0.29, 0.717) is 18.7 Å². The van der Waals surface area contributed by atoms with Crippen molar-refractivity contribution < 1.29 is 9.53 Å². The van der Waals surface area contributed by atoms with Gasteiger partial charge in [0.25, 0.3) is 5.91 Å². The Kier molecular flexibility index (Phi) is 5.69. The van der Waals surface area contributed by atoms with E-state index >= 15 is 0 Å². The Hall–Kier alpha value is -1.94. The number of carbonyl (C=O) groups excluding carboxylic acids is 1. The highest BCUT2D eigenvalue weighted by atomic mass is 32.2. The molecule has 0 saturated carbocycles.